The van der Waals surface area contributed by atoms with E-state index in [0.29, 0.717) is 31.5 Å². The first-order valence-electron chi connectivity index (χ1n) is 9.32. The van der Waals surface area contributed by atoms with Crippen LogP contribution in [-0.4, -0.2) is 19.3 Å². The molecule has 3 aromatic carbocycles. The van der Waals surface area contributed by atoms with Crippen molar-refractivity contribution in [2.45, 2.75) is 4.90 Å². The Labute approximate surface area is 209 Å². The van der Waals surface area contributed by atoms with E-state index >= 15 is 0 Å². The molecule has 0 bridgehead atoms. The van der Waals surface area contributed by atoms with Gasteiger partial charge in [-0.3, -0.25) is 14.8 Å². The van der Waals surface area contributed by atoms with Gasteiger partial charge in [0.05, 0.1) is 15.6 Å². The summed E-state index contributed by atoms with van der Waals surface area (Å²) in [6.45, 7) is 0. The summed E-state index contributed by atoms with van der Waals surface area (Å²) in [6.07, 6.45) is 0. The molecule has 1 heterocycles. The van der Waals surface area contributed by atoms with Gasteiger partial charge in [0.25, 0.3) is 15.9 Å². The zero-order valence-corrected chi connectivity index (χ0v) is 20.5. The van der Waals surface area contributed by atoms with Gasteiger partial charge in [-0.15, -0.1) is 11.3 Å². The lowest BCUT2D eigenvalue weighted by Gasteiger charge is -2.09. The van der Waals surface area contributed by atoms with Crippen molar-refractivity contribution in [1.82, 2.24) is 4.98 Å². The number of thiazole rings is 1. The highest BCUT2D eigenvalue weighted by Gasteiger charge is 2.16. The molecule has 4 rings (SSSR count). The van der Waals surface area contributed by atoms with Crippen LogP contribution in [0.5, 0.6) is 0 Å². The number of carbonyl (C=O) groups is 1. The Morgan fingerprint density at radius 2 is 1.64 bits per heavy atom. The van der Waals surface area contributed by atoms with Crippen molar-refractivity contribution in [3.8, 4) is 11.3 Å². The molecule has 4 aromatic rings. The third kappa shape index (κ3) is 5.66. The standard InChI is InChI=1S/C22H14Cl3N3O3S2/c23-14-4-7-17(8-5-14)33(30,31)28-16-3-1-2-13(10-16)21(29)27-22-26-20(12-32-22)18-9-6-15(24)11-19(18)25/h1-12,28H,(H,26,27,29). The molecular weight excluding hydrogens is 525 g/mol. The van der Waals surface area contributed by atoms with E-state index in [4.69, 9.17) is 34.8 Å². The van der Waals surface area contributed by atoms with E-state index in [1.165, 1.54) is 41.7 Å². The lowest BCUT2D eigenvalue weighted by molar-refractivity contribution is 0.102. The summed E-state index contributed by atoms with van der Waals surface area (Å²) in [5, 5.41) is 6.24. The highest BCUT2D eigenvalue weighted by Crippen LogP contribution is 2.32. The van der Waals surface area contributed by atoms with Crippen molar-refractivity contribution in [2.24, 2.45) is 0 Å². The average molecular weight is 539 g/mol. The Morgan fingerprint density at radius 1 is 0.909 bits per heavy atom. The highest BCUT2D eigenvalue weighted by molar-refractivity contribution is 7.92. The molecule has 0 aliphatic heterocycles. The van der Waals surface area contributed by atoms with E-state index in [2.05, 4.69) is 15.0 Å². The number of anilines is 2. The fraction of sp³-hybridized carbons (Fsp3) is 0. The van der Waals surface area contributed by atoms with Crippen LogP contribution in [0.25, 0.3) is 11.3 Å². The van der Waals surface area contributed by atoms with Crippen LogP contribution < -0.4 is 10.0 Å². The number of aromatic nitrogens is 1. The van der Waals surface area contributed by atoms with E-state index in [-0.39, 0.29) is 16.1 Å². The van der Waals surface area contributed by atoms with E-state index in [1.54, 1.807) is 41.8 Å². The highest BCUT2D eigenvalue weighted by atomic mass is 35.5. The number of sulfonamides is 1. The number of hydrogen-bond acceptors (Lipinski definition) is 5. The van der Waals surface area contributed by atoms with Gasteiger partial charge < -0.3 is 0 Å². The number of halogens is 3. The van der Waals surface area contributed by atoms with E-state index in [9.17, 15) is 13.2 Å². The average Bonchev–Trinajstić information content (AvgIpc) is 3.22. The van der Waals surface area contributed by atoms with Gasteiger partial charge in [-0.25, -0.2) is 13.4 Å². The largest absolute Gasteiger partial charge is 0.298 e. The van der Waals surface area contributed by atoms with Gasteiger partial charge in [0.2, 0.25) is 0 Å². The van der Waals surface area contributed by atoms with Crippen molar-refractivity contribution < 1.29 is 13.2 Å². The molecular formula is C22H14Cl3N3O3S2. The van der Waals surface area contributed by atoms with Crippen LogP contribution in [0.2, 0.25) is 15.1 Å². The van der Waals surface area contributed by atoms with Gasteiger partial charge >= 0.3 is 0 Å². The second-order valence-electron chi connectivity index (χ2n) is 6.76. The van der Waals surface area contributed by atoms with Gasteiger partial charge in [0.1, 0.15) is 0 Å². The summed E-state index contributed by atoms with van der Waals surface area (Å²) in [5.74, 6) is -0.439. The number of amides is 1. The molecule has 168 valence electrons. The Hall–Kier alpha value is -2.62. The quantitative estimate of drug-likeness (QED) is 0.282. The van der Waals surface area contributed by atoms with Crippen LogP contribution in [0, 0.1) is 0 Å². The number of rotatable bonds is 6. The molecule has 6 nitrogen and oxygen atoms in total. The molecule has 0 radical (unpaired) electrons. The van der Waals surface area contributed by atoms with Gasteiger partial charge in [-0.05, 0) is 60.7 Å². The molecule has 0 unspecified atom stereocenters. The zero-order chi connectivity index (χ0) is 23.6. The van der Waals surface area contributed by atoms with Gasteiger partial charge in [-0.2, -0.15) is 0 Å². The third-order valence-electron chi connectivity index (χ3n) is 4.43. The SMILES string of the molecule is O=C(Nc1nc(-c2ccc(Cl)cc2Cl)cs1)c1cccc(NS(=O)(=O)c2ccc(Cl)cc2)c1. The predicted molar refractivity (Wildman–Crippen MR) is 134 cm³/mol. The number of nitrogens with zero attached hydrogens (tertiary/aromatic N) is 1. The number of hydrogen-bond donors (Lipinski definition) is 2. The Balaban J connectivity index is 1.49. The number of nitrogens with one attached hydrogen (secondary N) is 2. The number of benzene rings is 3. The lowest BCUT2D eigenvalue weighted by atomic mass is 10.2. The van der Waals surface area contributed by atoms with E-state index in [0.717, 1.165) is 0 Å². The first-order valence-corrected chi connectivity index (χ1v) is 12.8. The number of carbonyl (C=O) groups excluding carboxylic acids is 1. The smallest absolute Gasteiger partial charge is 0.261 e. The van der Waals surface area contributed by atoms with Crippen molar-refractivity contribution in [3.63, 3.8) is 0 Å². The first kappa shape index (κ1) is 23.5. The van der Waals surface area contributed by atoms with Crippen LogP contribution in [0.4, 0.5) is 10.8 Å². The fourth-order valence-corrected chi connectivity index (χ4v) is 5.26. The van der Waals surface area contributed by atoms with Crippen LogP contribution in [0.1, 0.15) is 10.4 Å². The Kier molecular flexibility index (Phi) is 6.92. The molecule has 0 aliphatic rings. The van der Waals surface area contributed by atoms with Crippen molar-refractivity contribution in [1.29, 1.82) is 0 Å². The molecule has 33 heavy (non-hydrogen) atoms. The minimum absolute atomic E-state index is 0.0536. The van der Waals surface area contributed by atoms with Gasteiger partial charge in [-0.1, -0.05) is 40.9 Å². The molecule has 0 aliphatic carbocycles. The third-order valence-corrected chi connectivity index (χ3v) is 7.39. The van der Waals surface area contributed by atoms with Crippen LogP contribution in [-0.2, 0) is 10.0 Å². The van der Waals surface area contributed by atoms with Gasteiger partial charge in [0.15, 0.2) is 5.13 Å². The minimum atomic E-state index is -3.84. The fourth-order valence-electron chi connectivity index (χ4n) is 2.87. The topological polar surface area (TPSA) is 88.2 Å². The summed E-state index contributed by atoms with van der Waals surface area (Å²) >= 11 is 19.2. The van der Waals surface area contributed by atoms with E-state index in [1.807, 2.05) is 0 Å². The molecule has 1 amide bonds. The summed E-state index contributed by atoms with van der Waals surface area (Å²) in [6, 6.07) is 17.0. The molecule has 0 atom stereocenters. The molecule has 0 saturated heterocycles. The lowest BCUT2D eigenvalue weighted by Crippen LogP contribution is -2.15. The van der Waals surface area contributed by atoms with E-state index < -0.39 is 15.9 Å². The second kappa shape index (κ2) is 9.70. The summed E-state index contributed by atoms with van der Waals surface area (Å²) in [7, 11) is -3.84. The maximum atomic E-state index is 12.7. The summed E-state index contributed by atoms with van der Waals surface area (Å²) in [5.41, 5.74) is 1.79. The first-order chi connectivity index (χ1) is 15.7. The molecule has 2 N–H and O–H groups in total. The van der Waals surface area contributed by atoms with Crippen LogP contribution >= 0.6 is 46.1 Å². The summed E-state index contributed by atoms with van der Waals surface area (Å²) < 4.78 is 27.6. The van der Waals surface area contributed by atoms with Crippen LogP contribution in [0.3, 0.4) is 0 Å². The molecule has 0 fully saturated rings. The van der Waals surface area contributed by atoms with Crippen molar-refractivity contribution in [2.75, 3.05) is 10.0 Å². The second-order valence-corrected chi connectivity index (χ2v) is 10.6. The Morgan fingerprint density at radius 3 is 2.36 bits per heavy atom. The van der Waals surface area contributed by atoms with Gasteiger partial charge in [0, 0.05) is 32.2 Å². The summed E-state index contributed by atoms with van der Waals surface area (Å²) in [4.78, 5) is 17.2. The monoisotopic (exact) mass is 537 g/mol. The minimum Gasteiger partial charge on any atom is -0.298 e. The zero-order valence-electron chi connectivity index (χ0n) is 16.6. The molecule has 0 spiro atoms. The molecule has 1 aromatic heterocycles. The maximum Gasteiger partial charge on any atom is 0.261 e. The predicted octanol–water partition coefficient (Wildman–Crippen LogP) is 6.82. The molecule has 0 saturated carbocycles. The Bertz CT molecular complexity index is 1440. The van der Waals surface area contributed by atoms with Crippen LogP contribution in [0.15, 0.2) is 77.0 Å². The maximum absolute atomic E-state index is 12.7. The van der Waals surface area contributed by atoms with Crippen molar-refractivity contribution >= 4 is 72.9 Å². The molecule has 11 heteroatoms. The van der Waals surface area contributed by atoms with Crippen molar-refractivity contribution in [3.05, 3.63) is 92.7 Å². The normalized spacial score (nSPS) is 11.2.